The molecule has 2 saturated heterocycles. The predicted molar refractivity (Wildman–Crippen MR) is 80.0 cm³/mol. The van der Waals surface area contributed by atoms with Gasteiger partial charge in [-0.15, -0.1) is 0 Å². The first kappa shape index (κ1) is 14.8. The van der Waals surface area contributed by atoms with Crippen LogP contribution in [-0.4, -0.2) is 62.0 Å². The monoisotopic (exact) mass is 282 g/mol. The Balaban J connectivity index is 1.44. The Morgan fingerprint density at radius 3 is 2.70 bits per heavy atom. The molecular formula is C16H30N2O2. The number of rotatable bonds is 4. The second kappa shape index (κ2) is 6.73. The Kier molecular flexibility index (Phi) is 4.97. The van der Waals surface area contributed by atoms with Crippen molar-refractivity contribution in [2.75, 3.05) is 39.5 Å². The summed E-state index contributed by atoms with van der Waals surface area (Å²) in [7, 11) is 0. The van der Waals surface area contributed by atoms with Crippen LogP contribution in [0.5, 0.6) is 0 Å². The summed E-state index contributed by atoms with van der Waals surface area (Å²) >= 11 is 0. The average Bonchev–Trinajstić information content (AvgIpc) is 2.87. The van der Waals surface area contributed by atoms with Gasteiger partial charge in [0.25, 0.3) is 0 Å². The lowest BCUT2D eigenvalue weighted by atomic mass is 9.88. The molecule has 4 nitrogen and oxygen atoms in total. The van der Waals surface area contributed by atoms with Crippen LogP contribution in [0.4, 0.5) is 0 Å². The van der Waals surface area contributed by atoms with Crippen molar-refractivity contribution in [1.82, 2.24) is 10.2 Å². The van der Waals surface area contributed by atoms with Crippen LogP contribution >= 0.6 is 0 Å². The van der Waals surface area contributed by atoms with E-state index in [2.05, 4.69) is 17.1 Å². The molecular weight excluding hydrogens is 252 g/mol. The number of nitrogens with one attached hydrogen (secondary N) is 1. The van der Waals surface area contributed by atoms with E-state index < -0.39 is 0 Å². The maximum absolute atomic E-state index is 6.12. The molecule has 1 N–H and O–H groups in total. The Bertz CT molecular complexity index is 299. The highest BCUT2D eigenvalue weighted by atomic mass is 16.5. The van der Waals surface area contributed by atoms with E-state index in [0.29, 0.717) is 12.1 Å². The standard InChI is InChI=1S/C16H30N2O2/c1-14(13-18-7-10-19-11-8-18)17-15-4-9-20-16(12-15)5-2-3-6-16/h14-15,17H,2-13H2,1H3. The smallest absolute Gasteiger partial charge is 0.0697 e. The molecule has 1 saturated carbocycles. The largest absolute Gasteiger partial charge is 0.379 e. The minimum absolute atomic E-state index is 0.231. The topological polar surface area (TPSA) is 33.7 Å². The molecule has 0 amide bonds. The summed E-state index contributed by atoms with van der Waals surface area (Å²) in [6.45, 7) is 8.38. The van der Waals surface area contributed by atoms with Crippen molar-refractivity contribution in [3.8, 4) is 0 Å². The number of hydrogen-bond donors (Lipinski definition) is 1. The van der Waals surface area contributed by atoms with E-state index in [1.807, 2.05) is 0 Å². The van der Waals surface area contributed by atoms with Gasteiger partial charge in [0.15, 0.2) is 0 Å². The van der Waals surface area contributed by atoms with Crippen molar-refractivity contribution in [2.24, 2.45) is 0 Å². The van der Waals surface area contributed by atoms with E-state index in [1.54, 1.807) is 0 Å². The van der Waals surface area contributed by atoms with Crippen LogP contribution in [0.3, 0.4) is 0 Å². The van der Waals surface area contributed by atoms with Gasteiger partial charge in [-0.05, 0) is 32.6 Å². The van der Waals surface area contributed by atoms with Gasteiger partial charge in [-0.2, -0.15) is 0 Å². The van der Waals surface area contributed by atoms with Gasteiger partial charge in [0.05, 0.1) is 18.8 Å². The molecule has 0 aromatic rings. The fourth-order valence-electron chi connectivity index (χ4n) is 4.16. The molecule has 0 aromatic heterocycles. The van der Waals surface area contributed by atoms with Crippen molar-refractivity contribution in [3.63, 3.8) is 0 Å². The van der Waals surface area contributed by atoms with Crippen molar-refractivity contribution < 1.29 is 9.47 Å². The van der Waals surface area contributed by atoms with E-state index in [0.717, 1.165) is 39.5 Å². The molecule has 2 atom stereocenters. The van der Waals surface area contributed by atoms with Gasteiger partial charge >= 0.3 is 0 Å². The second-order valence-electron chi connectivity index (χ2n) is 6.91. The molecule has 4 heteroatoms. The first-order chi connectivity index (χ1) is 9.76. The third kappa shape index (κ3) is 3.73. The molecule has 2 unspecified atom stereocenters. The summed E-state index contributed by atoms with van der Waals surface area (Å²) in [5.74, 6) is 0. The van der Waals surface area contributed by atoms with Crippen LogP contribution in [0, 0.1) is 0 Å². The third-order valence-corrected chi connectivity index (χ3v) is 5.16. The Morgan fingerprint density at radius 1 is 1.20 bits per heavy atom. The fourth-order valence-corrected chi connectivity index (χ4v) is 4.16. The number of morpholine rings is 1. The quantitative estimate of drug-likeness (QED) is 0.852. The lowest BCUT2D eigenvalue weighted by molar-refractivity contribution is -0.0850. The maximum Gasteiger partial charge on any atom is 0.0697 e. The zero-order valence-electron chi connectivity index (χ0n) is 12.9. The van der Waals surface area contributed by atoms with Gasteiger partial charge in [-0.3, -0.25) is 4.90 Å². The van der Waals surface area contributed by atoms with Crippen LogP contribution in [-0.2, 0) is 9.47 Å². The molecule has 2 heterocycles. The molecule has 0 radical (unpaired) electrons. The van der Waals surface area contributed by atoms with E-state index in [-0.39, 0.29) is 5.60 Å². The highest BCUT2D eigenvalue weighted by Gasteiger charge is 2.40. The van der Waals surface area contributed by atoms with E-state index >= 15 is 0 Å². The van der Waals surface area contributed by atoms with Crippen molar-refractivity contribution in [3.05, 3.63) is 0 Å². The Hall–Kier alpha value is -0.160. The van der Waals surface area contributed by atoms with Gasteiger partial charge in [0, 0.05) is 38.3 Å². The van der Waals surface area contributed by atoms with E-state index in [9.17, 15) is 0 Å². The summed E-state index contributed by atoms with van der Waals surface area (Å²) in [6.07, 6.45) is 7.67. The molecule has 3 fully saturated rings. The van der Waals surface area contributed by atoms with Crippen LogP contribution < -0.4 is 5.32 Å². The van der Waals surface area contributed by atoms with Gasteiger partial charge < -0.3 is 14.8 Å². The highest BCUT2D eigenvalue weighted by Crippen LogP contribution is 2.40. The fraction of sp³-hybridized carbons (Fsp3) is 1.00. The van der Waals surface area contributed by atoms with Gasteiger partial charge in [-0.1, -0.05) is 12.8 Å². The SMILES string of the molecule is CC(CN1CCOCC1)NC1CCOC2(CCCC2)C1. The maximum atomic E-state index is 6.12. The first-order valence-corrected chi connectivity index (χ1v) is 8.46. The third-order valence-electron chi connectivity index (χ3n) is 5.16. The number of ether oxygens (including phenoxy) is 2. The molecule has 0 aromatic carbocycles. The van der Waals surface area contributed by atoms with E-state index in [4.69, 9.17) is 9.47 Å². The van der Waals surface area contributed by atoms with Gasteiger partial charge in [0.2, 0.25) is 0 Å². The highest BCUT2D eigenvalue weighted by molar-refractivity contribution is 4.94. The first-order valence-electron chi connectivity index (χ1n) is 8.46. The number of hydrogen-bond acceptors (Lipinski definition) is 4. The van der Waals surface area contributed by atoms with Crippen molar-refractivity contribution in [2.45, 2.75) is 63.1 Å². The molecule has 116 valence electrons. The van der Waals surface area contributed by atoms with Crippen LogP contribution in [0.1, 0.15) is 45.4 Å². The lowest BCUT2D eigenvalue weighted by Gasteiger charge is -2.40. The second-order valence-corrected chi connectivity index (χ2v) is 6.91. The lowest BCUT2D eigenvalue weighted by Crippen LogP contribution is -2.51. The van der Waals surface area contributed by atoms with E-state index in [1.165, 1.54) is 38.5 Å². The normalized spacial score (nSPS) is 32.5. The number of nitrogens with zero attached hydrogens (tertiary/aromatic N) is 1. The zero-order valence-corrected chi connectivity index (χ0v) is 12.9. The molecule has 2 aliphatic heterocycles. The van der Waals surface area contributed by atoms with Gasteiger partial charge in [0.1, 0.15) is 0 Å². The van der Waals surface area contributed by atoms with Crippen LogP contribution in [0.2, 0.25) is 0 Å². The zero-order chi connectivity index (χ0) is 13.8. The predicted octanol–water partition coefficient (Wildman–Crippen LogP) is 1.79. The minimum Gasteiger partial charge on any atom is -0.379 e. The van der Waals surface area contributed by atoms with Crippen molar-refractivity contribution in [1.29, 1.82) is 0 Å². The summed E-state index contributed by atoms with van der Waals surface area (Å²) in [5, 5.41) is 3.85. The Morgan fingerprint density at radius 2 is 1.95 bits per heavy atom. The molecule has 0 bridgehead atoms. The molecule has 20 heavy (non-hydrogen) atoms. The summed E-state index contributed by atoms with van der Waals surface area (Å²) in [6, 6.07) is 1.22. The molecule has 3 aliphatic rings. The molecule has 3 rings (SSSR count). The summed E-state index contributed by atoms with van der Waals surface area (Å²) < 4.78 is 11.5. The molecule has 1 aliphatic carbocycles. The Labute approximate surface area is 123 Å². The van der Waals surface area contributed by atoms with Crippen molar-refractivity contribution >= 4 is 0 Å². The van der Waals surface area contributed by atoms with Crippen LogP contribution in [0.15, 0.2) is 0 Å². The molecule has 1 spiro atoms. The minimum atomic E-state index is 0.231. The summed E-state index contributed by atoms with van der Waals surface area (Å²) in [4.78, 5) is 2.52. The summed E-state index contributed by atoms with van der Waals surface area (Å²) in [5.41, 5.74) is 0.231. The average molecular weight is 282 g/mol. The van der Waals surface area contributed by atoms with Crippen LogP contribution in [0.25, 0.3) is 0 Å². The van der Waals surface area contributed by atoms with Gasteiger partial charge in [-0.25, -0.2) is 0 Å².